The van der Waals surface area contributed by atoms with Gasteiger partial charge in [0.1, 0.15) is 10.8 Å². The van der Waals surface area contributed by atoms with Gasteiger partial charge in [-0.1, -0.05) is 26.0 Å². The Bertz CT molecular complexity index is 722. The molecule has 0 saturated heterocycles. The first-order valence-electron chi connectivity index (χ1n) is 7.75. The van der Waals surface area contributed by atoms with E-state index >= 15 is 0 Å². The van der Waals surface area contributed by atoms with Crippen LogP contribution in [0.2, 0.25) is 0 Å². The Labute approximate surface area is 144 Å². The second-order valence-corrected chi connectivity index (χ2v) is 6.70. The van der Waals surface area contributed by atoms with E-state index in [9.17, 15) is 14.0 Å². The first-order chi connectivity index (χ1) is 11.4. The SMILES string of the molecule is CCOC(=O)c1cc(C(C)C)sc1NC(=O)Cc1ccc(F)cc1. The minimum absolute atomic E-state index is 0.109. The van der Waals surface area contributed by atoms with E-state index in [1.165, 1.54) is 23.5 Å². The van der Waals surface area contributed by atoms with Crippen LogP contribution in [0.25, 0.3) is 0 Å². The Morgan fingerprint density at radius 1 is 1.25 bits per heavy atom. The van der Waals surface area contributed by atoms with Crippen LogP contribution in [-0.2, 0) is 16.0 Å². The van der Waals surface area contributed by atoms with Crippen molar-refractivity contribution < 1.29 is 18.7 Å². The molecule has 0 atom stereocenters. The Kier molecular flexibility index (Phi) is 6.09. The molecule has 2 aromatic rings. The van der Waals surface area contributed by atoms with Crippen LogP contribution in [0.5, 0.6) is 0 Å². The normalized spacial score (nSPS) is 10.7. The number of rotatable bonds is 6. The summed E-state index contributed by atoms with van der Waals surface area (Å²) in [6.07, 6.45) is 0.109. The van der Waals surface area contributed by atoms with Gasteiger partial charge in [0.05, 0.1) is 18.6 Å². The second-order valence-electron chi connectivity index (χ2n) is 5.62. The molecular weight excluding hydrogens is 329 g/mol. The summed E-state index contributed by atoms with van der Waals surface area (Å²) in [5.74, 6) is -0.809. The molecule has 1 amide bonds. The van der Waals surface area contributed by atoms with Crippen molar-refractivity contribution >= 4 is 28.2 Å². The maximum atomic E-state index is 12.9. The minimum Gasteiger partial charge on any atom is -0.462 e. The van der Waals surface area contributed by atoms with E-state index in [0.717, 1.165) is 4.88 Å². The molecule has 1 heterocycles. The lowest BCUT2D eigenvalue weighted by Crippen LogP contribution is -2.16. The van der Waals surface area contributed by atoms with E-state index in [4.69, 9.17) is 4.74 Å². The fraction of sp³-hybridized carbons (Fsp3) is 0.333. The Morgan fingerprint density at radius 2 is 1.92 bits per heavy atom. The highest BCUT2D eigenvalue weighted by Gasteiger charge is 2.20. The summed E-state index contributed by atoms with van der Waals surface area (Å²) in [4.78, 5) is 25.3. The molecule has 0 saturated carbocycles. The Balaban J connectivity index is 2.16. The van der Waals surface area contributed by atoms with Crippen LogP contribution in [0.15, 0.2) is 30.3 Å². The average Bonchev–Trinajstić information content (AvgIpc) is 2.94. The molecule has 1 aromatic heterocycles. The molecule has 0 aliphatic carbocycles. The van der Waals surface area contributed by atoms with Gasteiger partial charge >= 0.3 is 5.97 Å². The standard InChI is InChI=1S/C18H20FNO3S/c1-4-23-18(22)14-10-15(11(2)3)24-17(14)20-16(21)9-12-5-7-13(19)8-6-12/h5-8,10-11H,4,9H2,1-3H3,(H,20,21). The van der Waals surface area contributed by atoms with Gasteiger partial charge in [0.2, 0.25) is 5.91 Å². The highest BCUT2D eigenvalue weighted by Crippen LogP contribution is 2.33. The van der Waals surface area contributed by atoms with E-state index in [1.54, 1.807) is 25.1 Å². The fourth-order valence-electron chi connectivity index (χ4n) is 2.11. The number of carbonyl (C=O) groups is 2. The van der Waals surface area contributed by atoms with Crippen molar-refractivity contribution in [2.75, 3.05) is 11.9 Å². The largest absolute Gasteiger partial charge is 0.462 e. The van der Waals surface area contributed by atoms with Gasteiger partial charge in [-0.05, 0) is 36.6 Å². The van der Waals surface area contributed by atoms with Crippen LogP contribution in [0.4, 0.5) is 9.39 Å². The maximum absolute atomic E-state index is 12.9. The number of benzene rings is 1. The van der Waals surface area contributed by atoms with E-state index in [2.05, 4.69) is 5.32 Å². The summed E-state index contributed by atoms with van der Waals surface area (Å²) in [5, 5.41) is 3.26. The number of esters is 1. The molecule has 0 radical (unpaired) electrons. The van der Waals surface area contributed by atoms with E-state index < -0.39 is 5.97 Å². The number of hydrogen-bond acceptors (Lipinski definition) is 4. The molecule has 0 bridgehead atoms. The molecule has 2 rings (SSSR count). The lowest BCUT2D eigenvalue weighted by Gasteiger charge is -2.06. The second kappa shape index (κ2) is 8.06. The number of ether oxygens (including phenoxy) is 1. The number of thiophene rings is 1. The molecule has 6 heteroatoms. The lowest BCUT2D eigenvalue weighted by molar-refractivity contribution is -0.115. The molecule has 1 aromatic carbocycles. The highest BCUT2D eigenvalue weighted by molar-refractivity contribution is 7.16. The minimum atomic E-state index is -0.447. The smallest absolute Gasteiger partial charge is 0.341 e. The zero-order valence-corrected chi connectivity index (χ0v) is 14.7. The number of amides is 1. The Morgan fingerprint density at radius 3 is 2.50 bits per heavy atom. The van der Waals surface area contributed by atoms with Crippen molar-refractivity contribution in [1.29, 1.82) is 0 Å². The van der Waals surface area contributed by atoms with Crippen LogP contribution >= 0.6 is 11.3 Å². The summed E-state index contributed by atoms with van der Waals surface area (Å²) < 4.78 is 18.0. The summed E-state index contributed by atoms with van der Waals surface area (Å²) in [6, 6.07) is 7.52. The lowest BCUT2D eigenvalue weighted by atomic mass is 10.1. The molecule has 128 valence electrons. The van der Waals surface area contributed by atoms with Crippen LogP contribution in [0, 0.1) is 5.82 Å². The molecule has 4 nitrogen and oxygen atoms in total. The first kappa shape index (κ1) is 18.1. The van der Waals surface area contributed by atoms with Crippen molar-refractivity contribution in [3.8, 4) is 0 Å². The van der Waals surface area contributed by atoms with Gasteiger partial charge in [-0.15, -0.1) is 11.3 Å². The van der Waals surface area contributed by atoms with Gasteiger partial charge in [-0.2, -0.15) is 0 Å². The van der Waals surface area contributed by atoms with Crippen molar-refractivity contribution in [2.24, 2.45) is 0 Å². The van der Waals surface area contributed by atoms with Gasteiger partial charge in [0.15, 0.2) is 0 Å². The van der Waals surface area contributed by atoms with Crippen molar-refractivity contribution in [1.82, 2.24) is 0 Å². The van der Waals surface area contributed by atoms with Crippen LogP contribution in [0.3, 0.4) is 0 Å². The predicted molar refractivity (Wildman–Crippen MR) is 93.1 cm³/mol. The number of anilines is 1. The molecule has 0 aliphatic heterocycles. The fourth-order valence-corrected chi connectivity index (χ4v) is 3.17. The predicted octanol–water partition coefficient (Wildman–Crippen LogP) is 4.37. The quantitative estimate of drug-likeness (QED) is 0.788. The van der Waals surface area contributed by atoms with Crippen LogP contribution in [0.1, 0.15) is 47.5 Å². The van der Waals surface area contributed by atoms with Crippen LogP contribution < -0.4 is 5.32 Å². The topological polar surface area (TPSA) is 55.4 Å². The zero-order chi connectivity index (χ0) is 17.7. The van der Waals surface area contributed by atoms with Crippen molar-refractivity contribution in [2.45, 2.75) is 33.1 Å². The molecule has 0 spiro atoms. The molecule has 0 unspecified atom stereocenters. The number of hydrogen-bond donors (Lipinski definition) is 1. The maximum Gasteiger partial charge on any atom is 0.341 e. The summed E-state index contributed by atoms with van der Waals surface area (Å²) >= 11 is 1.37. The van der Waals surface area contributed by atoms with E-state index in [0.29, 0.717) is 16.1 Å². The summed E-state index contributed by atoms with van der Waals surface area (Å²) in [7, 11) is 0. The first-order valence-corrected chi connectivity index (χ1v) is 8.57. The van der Waals surface area contributed by atoms with Gasteiger partial charge in [-0.25, -0.2) is 9.18 Å². The van der Waals surface area contributed by atoms with Gasteiger partial charge < -0.3 is 10.1 Å². The monoisotopic (exact) mass is 349 g/mol. The highest BCUT2D eigenvalue weighted by atomic mass is 32.1. The van der Waals surface area contributed by atoms with Gasteiger partial charge in [-0.3, -0.25) is 4.79 Å². The van der Waals surface area contributed by atoms with Gasteiger partial charge in [0.25, 0.3) is 0 Å². The van der Waals surface area contributed by atoms with Gasteiger partial charge in [0, 0.05) is 4.88 Å². The third-order valence-corrected chi connectivity index (χ3v) is 4.70. The number of halogens is 1. The van der Waals surface area contributed by atoms with E-state index in [-0.39, 0.29) is 30.7 Å². The number of nitrogens with one attached hydrogen (secondary N) is 1. The van der Waals surface area contributed by atoms with Crippen molar-refractivity contribution in [3.05, 3.63) is 52.2 Å². The molecule has 1 N–H and O–H groups in total. The molecule has 0 fully saturated rings. The number of carbonyl (C=O) groups excluding carboxylic acids is 2. The molecular formula is C18H20FNO3S. The van der Waals surface area contributed by atoms with E-state index in [1.807, 2.05) is 13.8 Å². The molecule has 0 aliphatic rings. The summed E-state index contributed by atoms with van der Waals surface area (Å²) in [6.45, 7) is 6.05. The Hall–Kier alpha value is -2.21. The molecule has 24 heavy (non-hydrogen) atoms. The average molecular weight is 349 g/mol. The van der Waals surface area contributed by atoms with Crippen molar-refractivity contribution in [3.63, 3.8) is 0 Å². The third kappa shape index (κ3) is 4.64. The zero-order valence-electron chi connectivity index (χ0n) is 13.9. The summed E-state index contributed by atoms with van der Waals surface area (Å²) in [5.41, 5.74) is 1.07. The third-order valence-electron chi connectivity index (χ3n) is 3.35. The van der Waals surface area contributed by atoms with Crippen LogP contribution in [-0.4, -0.2) is 18.5 Å².